The summed E-state index contributed by atoms with van der Waals surface area (Å²) < 4.78 is 22.9. The molecule has 0 aromatic heterocycles. The van der Waals surface area contributed by atoms with Crippen LogP contribution in [0.2, 0.25) is 0 Å². The van der Waals surface area contributed by atoms with Crippen LogP contribution >= 0.6 is 0 Å². The van der Waals surface area contributed by atoms with Crippen LogP contribution in [0.1, 0.15) is 68.4 Å². The van der Waals surface area contributed by atoms with E-state index in [1.165, 1.54) is 6.42 Å². The lowest BCUT2D eigenvalue weighted by Crippen LogP contribution is -2.55. The standard InChI is InChI=1S/C53H77N7O9/c1-35-39(27-42-31-46(35)53(42,3)4)30-47(63)50-49(36(2)62)48(34-61)69-60(50)32-38-15-12-16-45(51(38)65-8)40-26-41(29-44(28-40)58(5)6)52(64)56-43(25-37-13-10-9-11-14-37)33-59(7)18-20-67-22-24-68-23-21-66-19-17-55-57-54/h9-16,26,28-29,35-36,39,42-43,46,48-50,61-62H,17-25,27,30-34H2,1-8H3,(H,56,64)/t35-,36+,39-,42-,43-,46+,48+,49-,50-/m1/s1. The van der Waals surface area contributed by atoms with Crippen LogP contribution in [0.5, 0.6) is 5.75 Å². The van der Waals surface area contributed by atoms with Crippen molar-refractivity contribution in [3.05, 3.63) is 93.9 Å². The molecule has 3 aromatic carbocycles. The number of ketones is 1. The molecule has 378 valence electrons. The Balaban J connectivity index is 1.16. The van der Waals surface area contributed by atoms with E-state index < -0.39 is 24.2 Å². The molecule has 2 bridgehead atoms. The Kier molecular flexibility index (Phi) is 19.9. The molecule has 4 fully saturated rings. The van der Waals surface area contributed by atoms with Crippen LogP contribution in [0.15, 0.2) is 71.8 Å². The van der Waals surface area contributed by atoms with Gasteiger partial charge in [0.05, 0.1) is 66.0 Å². The predicted molar refractivity (Wildman–Crippen MR) is 267 cm³/mol. The molecule has 1 heterocycles. The Bertz CT molecular complexity index is 2170. The maximum absolute atomic E-state index is 14.5. The molecule has 16 heteroatoms. The molecule has 69 heavy (non-hydrogen) atoms. The van der Waals surface area contributed by atoms with E-state index in [2.05, 4.69) is 53.1 Å². The number of anilines is 1. The molecule has 7 rings (SSSR count). The number of fused-ring (bicyclic) bond motifs is 2. The summed E-state index contributed by atoms with van der Waals surface area (Å²) in [6, 6.07) is 20.8. The zero-order valence-electron chi connectivity index (χ0n) is 42.1. The quantitative estimate of drug-likeness (QED) is 0.0299. The van der Waals surface area contributed by atoms with Gasteiger partial charge in [-0.3, -0.25) is 14.4 Å². The Morgan fingerprint density at radius 3 is 2.33 bits per heavy atom. The van der Waals surface area contributed by atoms with Crippen molar-refractivity contribution in [1.29, 1.82) is 0 Å². The van der Waals surface area contributed by atoms with Gasteiger partial charge in [-0.1, -0.05) is 74.4 Å². The van der Waals surface area contributed by atoms with Gasteiger partial charge in [0.2, 0.25) is 0 Å². The van der Waals surface area contributed by atoms with Crippen LogP contribution in [0.3, 0.4) is 0 Å². The van der Waals surface area contributed by atoms with Crippen molar-refractivity contribution < 1.29 is 43.6 Å². The number of methoxy groups -OCH3 is 1. The van der Waals surface area contributed by atoms with Gasteiger partial charge >= 0.3 is 0 Å². The molecule has 1 saturated heterocycles. The Hall–Kier alpha value is -4.61. The van der Waals surface area contributed by atoms with Crippen LogP contribution in [0.4, 0.5) is 5.69 Å². The van der Waals surface area contributed by atoms with E-state index in [1.54, 1.807) is 19.1 Å². The van der Waals surface area contributed by atoms with Gasteiger partial charge in [-0.2, -0.15) is 5.06 Å². The average Bonchev–Trinajstić information content (AvgIpc) is 3.71. The molecule has 3 aliphatic carbocycles. The smallest absolute Gasteiger partial charge is 0.251 e. The Morgan fingerprint density at radius 2 is 1.70 bits per heavy atom. The fraction of sp³-hybridized carbons (Fsp3) is 0.623. The van der Waals surface area contributed by atoms with E-state index in [-0.39, 0.29) is 36.8 Å². The summed E-state index contributed by atoms with van der Waals surface area (Å²) in [5.74, 6) is 1.69. The lowest BCUT2D eigenvalue weighted by Gasteiger charge is -2.62. The summed E-state index contributed by atoms with van der Waals surface area (Å²) in [5.41, 5.74) is 13.4. The number of rotatable bonds is 28. The van der Waals surface area contributed by atoms with Crippen molar-refractivity contribution in [2.24, 2.45) is 40.1 Å². The van der Waals surface area contributed by atoms with Crippen LogP contribution in [0.25, 0.3) is 21.6 Å². The van der Waals surface area contributed by atoms with Crippen molar-refractivity contribution in [2.75, 3.05) is 99.0 Å². The van der Waals surface area contributed by atoms with Gasteiger partial charge in [0, 0.05) is 79.4 Å². The van der Waals surface area contributed by atoms with Crippen LogP contribution in [-0.2, 0) is 36.8 Å². The second-order valence-corrected chi connectivity index (χ2v) is 20.1. The van der Waals surface area contributed by atoms with Crippen LogP contribution < -0.4 is 15.0 Å². The molecule has 4 aliphatic rings. The maximum Gasteiger partial charge on any atom is 0.251 e. The minimum absolute atomic E-state index is 0.0311. The highest BCUT2D eigenvalue weighted by atomic mass is 16.7. The molecular formula is C53H77N7O9. The molecule has 16 nitrogen and oxygen atoms in total. The molecule has 1 aliphatic heterocycles. The first kappa shape index (κ1) is 53.7. The highest BCUT2D eigenvalue weighted by Crippen LogP contribution is 2.63. The first-order chi connectivity index (χ1) is 33.2. The van der Waals surface area contributed by atoms with Gasteiger partial charge in [0.1, 0.15) is 17.9 Å². The second kappa shape index (κ2) is 25.5. The molecule has 1 amide bonds. The summed E-state index contributed by atoms with van der Waals surface area (Å²) in [7, 11) is 7.51. The number of carbonyl (C=O) groups excluding carboxylic acids is 2. The number of nitrogens with one attached hydrogen (secondary N) is 1. The van der Waals surface area contributed by atoms with Gasteiger partial charge in [0.25, 0.3) is 5.91 Å². The lowest BCUT2D eigenvalue weighted by atomic mass is 9.43. The molecule has 0 spiro atoms. The number of likely N-dealkylation sites (N-methyl/N-ethyl adjacent to an activating group) is 1. The van der Waals surface area contributed by atoms with Crippen molar-refractivity contribution in [3.8, 4) is 16.9 Å². The van der Waals surface area contributed by atoms with E-state index in [1.807, 2.05) is 80.6 Å². The minimum atomic E-state index is -0.886. The fourth-order valence-corrected chi connectivity index (χ4v) is 11.1. The van der Waals surface area contributed by atoms with Gasteiger partial charge in [-0.25, -0.2) is 0 Å². The summed E-state index contributed by atoms with van der Waals surface area (Å²) in [6.45, 7) is 12.6. The number of carbonyl (C=O) groups is 2. The van der Waals surface area contributed by atoms with Crippen molar-refractivity contribution >= 4 is 17.4 Å². The van der Waals surface area contributed by atoms with Gasteiger partial charge in [-0.05, 0) is 97.2 Å². The third-order valence-electron chi connectivity index (χ3n) is 15.0. The van der Waals surface area contributed by atoms with Crippen LogP contribution in [-0.4, -0.2) is 150 Å². The topological polar surface area (TPSA) is 191 Å². The number of ether oxygens (including phenoxy) is 4. The van der Waals surface area contributed by atoms with E-state index in [4.69, 9.17) is 29.3 Å². The first-order valence-corrected chi connectivity index (χ1v) is 24.7. The van der Waals surface area contributed by atoms with E-state index in [0.717, 1.165) is 34.4 Å². The predicted octanol–water partition coefficient (Wildman–Crippen LogP) is 6.81. The van der Waals surface area contributed by atoms with Gasteiger partial charge < -0.3 is 44.3 Å². The Labute approximate surface area is 409 Å². The third kappa shape index (κ3) is 13.8. The molecule has 3 N–H and O–H groups in total. The fourth-order valence-electron chi connectivity index (χ4n) is 11.1. The largest absolute Gasteiger partial charge is 0.496 e. The normalized spacial score (nSPS) is 23.7. The van der Waals surface area contributed by atoms with Crippen molar-refractivity contribution in [1.82, 2.24) is 15.3 Å². The average molecular weight is 956 g/mol. The maximum atomic E-state index is 14.5. The number of hydrogen-bond acceptors (Lipinski definition) is 13. The van der Waals surface area contributed by atoms with Gasteiger partial charge in [0.15, 0.2) is 5.78 Å². The number of aliphatic hydroxyl groups excluding tert-OH is 2. The summed E-state index contributed by atoms with van der Waals surface area (Å²) in [4.78, 5) is 42.1. The number of para-hydroxylation sites is 1. The van der Waals surface area contributed by atoms with E-state index in [9.17, 15) is 19.8 Å². The monoisotopic (exact) mass is 956 g/mol. The number of Topliss-reactive ketones (excluding diaryl/α,β-unsaturated/α-hetero) is 1. The van der Waals surface area contributed by atoms with Gasteiger partial charge in [-0.15, -0.1) is 0 Å². The molecule has 3 aromatic rings. The highest BCUT2D eigenvalue weighted by Gasteiger charge is 2.57. The lowest BCUT2D eigenvalue weighted by molar-refractivity contribution is -0.183. The summed E-state index contributed by atoms with van der Waals surface area (Å²) >= 11 is 0. The summed E-state index contributed by atoms with van der Waals surface area (Å²) in [5, 5.41) is 30.0. The third-order valence-corrected chi connectivity index (χ3v) is 15.0. The Morgan fingerprint density at radius 1 is 0.986 bits per heavy atom. The van der Waals surface area contributed by atoms with Crippen LogP contribution in [0, 0.1) is 35.0 Å². The van der Waals surface area contributed by atoms with E-state index >= 15 is 0 Å². The van der Waals surface area contributed by atoms with Crippen molar-refractivity contribution in [2.45, 2.75) is 84.2 Å². The SMILES string of the molecule is COc1c(CN2O[C@@H](CO)[C@@H]([C@H](C)O)[C@H]2C(=O)C[C@H]2C[C@@H]3C[C@@H]([C@@H]2C)C3(C)C)cccc1-c1cc(C(=O)N[C@H](Cc2ccccc2)CN(C)CCOCCOCCOCCN=[N+]=[N-])cc(N(C)C)c1. The molecule has 0 radical (unpaired) electrons. The number of hydroxylamine groups is 2. The molecule has 9 atom stereocenters. The molecular weight excluding hydrogens is 879 g/mol. The van der Waals surface area contributed by atoms with Crippen molar-refractivity contribution in [3.63, 3.8) is 0 Å². The number of nitrogens with zero attached hydrogens (tertiary/aromatic N) is 6. The number of aliphatic hydroxyl groups is 2. The number of azide groups is 1. The molecule has 0 unspecified atom stereocenters. The number of hydrogen-bond donors (Lipinski definition) is 3. The van der Waals surface area contributed by atoms with E-state index in [0.29, 0.717) is 107 Å². The second-order valence-electron chi connectivity index (χ2n) is 20.1. The summed E-state index contributed by atoms with van der Waals surface area (Å²) in [6.07, 6.45) is 1.65. The number of benzene rings is 3. The molecule has 3 saturated carbocycles. The zero-order valence-corrected chi connectivity index (χ0v) is 42.1. The zero-order chi connectivity index (χ0) is 49.7. The first-order valence-electron chi connectivity index (χ1n) is 24.7. The highest BCUT2D eigenvalue weighted by molar-refractivity contribution is 5.97. The minimum Gasteiger partial charge on any atom is -0.496 e. The number of amides is 1.